The van der Waals surface area contributed by atoms with E-state index in [9.17, 15) is 9.59 Å². The molecule has 1 saturated heterocycles. The van der Waals surface area contributed by atoms with Crippen molar-refractivity contribution in [2.75, 3.05) is 18.5 Å². The molecule has 1 fully saturated rings. The molecule has 2 aliphatic rings. The lowest BCUT2D eigenvalue weighted by Gasteiger charge is -2.33. The van der Waals surface area contributed by atoms with Crippen molar-refractivity contribution in [3.63, 3.8) is 0 Å². The maximum absolute atomic E-state index is 13.2. The van der Waals surface area contributed by atoms with Crippen molar-refractivity contribution in [2.45, 2.75) is 38.1 Å². The number of fused-ring (bicyclic) bond motifs is 1. The molecule has 0 saturated carbocycles. The van der Waals surface area contributed by atoms with Crippen LogP contribution in [0.4, 0.5) is 5.69 Å². The average molecular weight is 383 g/mol. The van der Waals surface area contributed by atoms with Crippen LogP contribution >= 0.6 is 11.6 Å². The first-order valence-corrected chi connectivity index (χ1v) is 9.89. The summed E-state index contributed by atoms with van der Waals surface area (Å²) >= 11 is 6.32. The smallest absolute Gasteiger partial charge is 0.254 e. The molecule has 27 heavy (non-hydrogen) atoms. The molecule has 2 aromatic carbocycles. The lowest BCUT2D eigenvalue weighted by molar-refractivity contribution is -0.117. The zero-order valence-corrected chi connectivity index (χ0v) is 16.2. The van der Waals surface area contributed by atoms with Gasteiger partial charge in [0.05, 0.1) is 16.8 Å². The number of anilines is 1. The molecule has 4 nitrogen and oxygen atoms in total. The van der Waals surface area contributed by atoms with Gasteiger partial charge in [0.25, 0.3) is 5.91 Å². The van der Waals surface area contributed by atoms with Crippen LogP contribution in [0.3, 0.4) is 0 Å². The number of nitrogens with zero attached hydrogens (tertiary/aromatic N) is 2. The minimum atomic E-state index is -0.0405. The zero-order chi connectivity index (χ0) is 19.0. The lowest BCUT2D eigenvalue weighted by Crippen LogP contribution is -2.33. The van der Waals surface area contributed by atoms with Crippen molar-refractivity contribution < 1.29 is 9.59 Å². The SMILES string of the molecule is CN(C(=O)c1ccc(Cl)c(N2CCCC2=O)c1)C1CCCc2ccccc21. The number of rotatable bonds is 3. The molecule has 5 heteroatoms. The number of halogens is 1. The second kappa shape index (κ2) is 7.35. The van der Waals surface area contributed by atoms with Gasteiger partial charge in [-0.1, -0.05) is 35.9 Å². The quantitative estimate of drug-likeness (QED) is 0.777. The molecular weight excluding hydrogens is 360 g/mol. The van der Waals surface area contributed by atoms with Gasteiger partial charge >= 0.3 is 0 Å². The van der Waals surface area contributed by atoms with Gasteiger partial charge in [-0.3, -0.25) is 9.59 Å². The summed E-state index contributed by atoms with van der Waals surface area (Å²) in [6, 6.07) is 13.7. The van der Waals surface area contributed by atoms with Crippen LogP contribution in [0, 0.1) is 0 Å². The van der Waals surface area contributed by atoms with Gasteiger partial charge in [-0.15, -0.1) is 0 Å². The number of hydrogen-bond donors (Lipinski definition) is 0. The van der Waals surface area contributed by atoms with Crippen molar-refractivity contribution in [3.05, 3.63) is 64.2 Å². The Morgan fingerprint density at radius 1 is 1.15 bits per heavy atom. The van der Waals surface area contributed by atoms with Gasteiger partial charge in [0, 0.05) is 25.6 Å². The molecule has 2 amide bonds. The van der Waals surface area contributed by atoms with Crippen LogP contribution in [0.5, 0.6) is 0 Å². The van der Waals surface area contributed by atoms with Gasteiger partial charge < -0.3 is 9.80 Å². The Balaban J connectivity index is 1.63. The molecule has 1 aliphatic carbocycles. The molecule has 2 aromatic rings. The van der Waals surface area contributed by atoms with Gasteiger partial charge in [0.2, 0.25) is 5.91 Å². The Kier molecular flexibility index (Phi) is 4.92. The van der Waals surface area contributed by atoms with E-state index in [-0.39, 0.29) is 17.9 Å². The van der Waals surface area contributed by atoms with E-state index >= 15 is 0 Å². The summed E-state index contributed by atoms with van der Waals surface area (Å²) in [5, 5.41) is 0.507. The lowest BCUT2D eigenvalue weighted by atomic mass is 9.87. The Morgan fingerprint density at radius 2 is 1.96 bits per heavy atom. The topological polar surface area (TPSA) is 40.6 Å². The third-order valence-corrected chi connectivity index (χ3v) is 6.00. The Hall–Kier alpha value is -2.33. The van der Waals surface area contributed by atoms with Gasteiger partial charge in [-0.2, -0.15) is 0 Å². The van der Waals surface area contributed by atoms with Crippen molar-refractivity contribution in [1.82, 2.24) is 4.90 Å². The minimum Gasteiger partial charge on any atom is -0.335 e. The second-order valence-corrected chi connectivity index (χ2v) is 7.75. The zero-order valence-electron chi connectivity index (χ0n) is 15.5. The standard InChI is InChI=1S/C22H23ClN2O2/c1-24(19-9-4-7-15-6-2-3-8-17(15)19)22(27)16-11-12-18(23)20(14-16)25-13-5-10-21(25)26/h2-3,6,8,11-12,14,19H,4-5,7,9-10,13H2,1H3. The fourth-order valence-electron chi connectivity index (χ4n) is 4.23. The number of hydrogen-bond acceptors (Lipinski definition) is 2. The second-order valence-electron chi connectivity index (χ2n) is 7.34. The molecule has 0 aromatic heterocycles. The molecule has 4 rings (SSSR count). The van der Waals surface area contributed by atoms with Gasteiger partial charge in [0.15, 0.2) is 0 Å². The normalized spacial score (nSPS) is 19.1. The number of carbonyl (C=O) groups excluding carboxylic acids is 2. The number of amides is 2. The monoisotopic (exact) mass is 382 g/mol. The molecule has 1 atom stereocenters. The predicted molar refractivity (Wildman–Crippen MR) is 107 cm³/mol. The molecule has 140 valence electrons. The van der Waals surface area contributed by atoms with Crippen LogP contribution in [0.25, 0.3) is 0 Å². The summed E-state index contributed by atoms with van der Waals surface area (Å²) in [5.41, 5.74) is 3.78. The maximum Gasteiger partial charge on any atom is 0.254 e. The molecule has 0 radical (unpaired) electrons. The van der Waals surface area contributed by atoms with E-state index in [1.54, 1.807) is 23.1 Å². The molecule has 1 unspecified atom stereocenters. The fourth-order valence-corrected chi connectivity index (χ4v) is 4.45. The first-order chi connectivity index (χ1) is 13.1. The number of carbonyl (C=O) groups is 2. The van der Waals surface area contributed by atoms with Crippen molar-refractivity contribution >= 4 is 29.1 Å². The molecule has 0 bridgehead atoms. The minimum absolute atomic E-state index is 0.0405. The summed E-state index contributed by atoms with van der Waals surface area (Å²) < 4.78 is 0. The highest BCUT2D eigenvalue weighted by molar-refractivity contribution is 6.34. The van der Waals surface area contributed by atoms with Crippen molar-refractivity contribution in [1.29, 1.82) is 0 Å². The first-order valence-electron chi connectivity index (χ1n) is 9.51. The largest absolute Gasteiger partial charge is 0.335 e. The summed E-state index contributed by atoms with van der Waals surface area (Å²) in [6.07, 6.45) is 4.47. The molecular formula is C22H23ClN2O2. The highest BCUT2D eigenvalue weighted by atomic mass is 35.5. The predicted octanol–water partition coefficient (Wildman–Crippen LogP) is 4.62. The summed E-state index contributed by atoms with van der Waals surface area (Å²) in [7, 11) is 1.87. The van der Waals surface area contributed by atoms with Crippen LogP contribution in [-0.4, -0.2) is 30.3 Å². The van der Waals surface area contributed by atoms with E-state index in [1.165, 1.54) is 11.1 Å². The third kappa shape index (κ3) is 3.34. The van der Waals surface area contributed by atoms with E-state index in [2.05, 4.69) is 18.2 Å². The van der Waals surface area contributed by atoms with Crippen LogP contribution in [0.2, 0.25) is 5.02 Å². The van der Waals surface area contributed by atoms with Gasteiger partial charge in [-0.25, -0.2) is 0 Å². The maximum atomic E-state index is 13.2. The van der Waals surface area contributed by atoms with E-state index in [0.717, 1.165) is 25.7 Å². The fraction of sp³-hybridized carbons (Fsp3) is 0.364. The first kappa shape index (κ1) is 18.1. The van der Waals surface area contributed by atoms with Crippen LogP contribution in [-0.2, 0) is 11.2 Å². The highest BCUT2D eigenvalue weighted by Crippen LogP contribution is 2.35. The van der Waals surface area contributed by atoms with Gasteiger partial charge in [-0.05, 0) is 55.0 Å². The van der Waals surface area contributed by atoms with Crippen molar-refractivity contribution in [3.8, 4) is 0 Å². The van der Waals surface area contributed by atoms with E-state index in [4.69, 9.17) is 11.6 Å². The van der Waals surface area contributed by atoms with E-state index < -0.39 is 0 Å². The summed E-state index contributed by atoms with van der Waals surface area (Å²) in [6.45, 7) is 0.655. The van der Waals surface area contributed by atoms with Crippen LogP contribution < -0.4 is 4.90 Å². The highest BCUT2D eigenvalue weighted by Gasteiger charge is 2.29. The molecule has 0 spiro atoms. The average Bonchev–Trinajstić information content (AvgIpc) is 3.12. The third-order valence-electron chi connectivity index (χ3n) is 5.68. The van der Waals surface area contributed by atoms with Crippen LogP contribution in [0.1, 0.15) is 53.2 Å². The number of benzene rings is 2. The summed E-state index contributed by atoms with van der Waals surface area (Å²) in [5.74, 6) is 0.0253. The van der Waals surface area contributed by atoms with Crippen molar-refractivity contribution in [2.24, 2.45) is 0 Å². The van der Waals surface area contributed by atoms with E-state index in [0.29, 0.717) is 29.2 Å². The summed E-state index contributed by atoms with van der Waals surface area (Å²) in [4.78, 5) is 28.8. The molecule has 0 N–H and O–H groups in total. The molecule has 1 aliphatic heterocycles. The van der Waals surface area contributed by atoms with E-state index in [1.807, 2.05) is 18.0 Å². The Morgan fingerprint density at radius 3 is 2.74 bits per heavy atom. The number of aryl methyl sites for hydroxylation is 1. The Labute approximate surface area is 164 Å². The van der Waals surface area contributed by atoms with Gasteiger partial charge in [0.1, 0.15) is 0 Å². The van der Waals surface area contributed by atoms with Crippen LogP contribution in [0.15, 0.2) is 42.5 Å². The molecule has 1 heterocycles. The Bertz CT molecular complexity index is 896.